The molecular weight excluding hydrogens is 514 g/mol. The Bertz CT molecular complexity index is 1260. The number of urea groups is 1. The second-order valence-electron chi connectivity index (χ2n) is 11.1. The highest BCUT2D eigenvalue weighted by molar-refractivity contribution is 5.89. The monoisotopic (exact) mass is 555 g/mol. The lowest BCUT2D eigenvalue weighted by Crippen LogP contribution is -2.42. The van der Waals surface area contributed by atoms with Crippen molar-refractivity contribution in [2.75, 3.05) is 43.8 Å². The third-order valence-electron chi connectivity index (χ3n) is 7.06. The molecule has 40 heavy (non-hydrogen) atoms. The summed E-state index contributed by atoms with van der Waals surface area (Å²) in [6.45, 7) is 9.13. The van der Waals surface area contributed by atoms with Crippen LogP contribution in [-0.2, 0) is 10.2 Å². The van der Waals surface area contributed by atoms with Gasteiger partial charge in [0.1, 0.15) is 30.2 Å². The van der Waals surface area contributed by atoms with Crippen LogP contribution in [0.25, 0.3) is 11.2 Å². The summed E-state index contributed by atoms with van der Waals surface area (Å²) in [5, 5.41) is 27.3. The third kappa shape index (κ3) is 7.04. The highest BCUT2D eigenvalue weighted by Gasteiger charge is 2.44. The van der Waals surface area contributed by atoms with E-state index in [0.717, 1.165) is 12.1 Å². The fraction of sp³-hybridized carbons (Fsp3) is 0.556. The smallest absolute Gasteiger partial charge is 0.319 e. The molecule has 13 heteroatoms. The summed E-state index contributed by atoms with van der Waals surface area (Å²) in [5.41, 5.74) is 14.4. The number of anilines is 2. The van der Waals surface area contributed by atoms with Crippen molar-refractivity contribution in [2.45, 2.75) is 63.6 Å². The Labute approximate surface area is 233 Å². The Balaban J connectivity index is 1.28. The molecule has 1 aliphatic rings. The van der Waals surface area contributed by atoms with Gasteiger partial charge in [0.2, 0.25) is 0 Å². The zero-order chi connectivity index (χ0) is 28.9. The number of nitrogens with one attached hydrogen (secondary N) is 2. The number of fused-ring (bicyclic) bond motifs is 1. The minimum Gasteiger partial charge on any atom is -0.387 e. The Morgan fingerprint density at radius 2 is 1.82 bits per heavy atom. The van der Waals surface area contributed by atoms with Gasteiger partial charge in [0, 0.05) is 18.8 Å². The molecule has 13 nitrogen and oxygen atoms in total. The van der Waals surface area contributed by atoms with E-state index in [9.17, 15) is 15.0 Å². The fourth-order valence-electron chi connectivity index (χ4n) is 4.76. The van der Waals surface area contributed by atoms with Gasteiger partial charge in [-0.25, -0.2) is 19.7 Å². The van der Waals surface area contributed by atoms with E-state index < -0.39 is 24.5 Å². The first-order valence-corrected chi connectivity index (χ1v) is 13.6. The maximum atomic E-state index is 12.4. The molecule has 0 saturated carbocycles. The van der Waals surface area contributed by atoms with E-state index in [4.69, 9.17) is 16.2 Å². The molecule has 3 aromatic rings. The van der Waals surface area contributed by atoms with E-state index in [1.165, 1.54) is 18.2 Å². The molecule has 4 rings (SSSR count). The molecular formula is C27H41N9O4. The molecule has 218 valence electrons. The molecule has 0 radical (unpaired) electrons. The summed E-state index contributed by atoms with van der Waals surface area (Å²) in [4.78, 5) is 26.9. The van der Waals surface area contributed by atoms with Gasteiger partial charge >= 0.3 is 6.03 Å². The molecule has 1 aromatic carbocycles. The molecule has 0 aliphatic carbocycles. The van der Waals surface area contributed by atoms with Crippen LogP contribution in [0, 0.1) is 0 Å². The number of rotatable bonds is 11. The van der Waals surface area contributed by atoms with Crippen LogP contribution in [0.5, 0.6) is 0 Å². The summed E-state index contributed by atoms with van der Waals surface area (Å²) >= 11 is 0. The molecule has 3 heterocycles. The van der Waals surface area contributed by atoms with Gasteiger partial charge < -0.3 is 42.0 Å². The van der Waals surface area contributed by atoms with Crippen LogP contribution < -0.4 is 22.1 Å². The molecule has 1 fully saturated rings. The number of aliphatic hydroxyl groups is 2. The topological polar surface area (TPSA) is 190 Å². The van der Waals surface area contributed by atoms with Crippen molar-refractivity contribution in [2.24, 2.45) is 5.73 Å². The molecule has 0 spiro atoms. The molecule has 1 saturated heterocycles. The minimum absolute atomic E-state index is 0.0481. The van der Waals surface area contributed by atoms with E-state index in [2.05, 4.69) is 51.3 Å². The van der Waals surface area contributed by atoms with Gasteiger partial charge in [0.05, 0.1) is 6.33 Å². The predicted molar refractivity (Wildman–Crippen MR) is 153 cm³/mol. The number of nitrogen functional groups attached to an aromatic ring is 1. The standard InChI is InChI=1S/C27H41N9O4/c1-27(2,3)17-6-8-18(9-7-17)34-26(39)30-11-5-13-35(12-4-10-28)14-19-21(37)22(38)25(40-19)36-16-33-20-23(29)31-15-32-24(20)36/h6-9,15-16,19,21-22,25,37-38H,4-5,10-14,28H2,1-3H3,(H2,29,31,32)(H2,30,34,39)/t19-,21-,22-,25?/m1/s1. The predicted octanol–water partition coefficient (Wildman–Crippen LogP) is 1.19. The van der Waals surface area contributed by atoms with E-state index in [1.807, 2.05) is 24.3 Å². The van der Waals surface area contributed by atoms with Crippen molar-refractivity contribution in [3.05, 3.63) is 42.5 Å². The number of carbonyl (C=O) groups is 1. The summed E-state index contributed by atoms with van der Waals surface area (Å²) in [6.07, 6.45) is 0.402. The lowest BCUT2D eigenvalue weighted by molar-refractivity contribution is -0.0442. The van der Waals surface area contributed by atoms with Crippen LogP contribution in [0.3, 0.4) is 0 Å². The number of aromatic nitrogens is 4. The van der Waals surface area contributed by atoms with Crippen LogP contribution in [0.15, 0.2) is 36.9 Å². The molecule has 4 atom stereocenters. The van der Waals surface area contributed by atoms with Gasteiger partial charge in [0.15, 0.2) is 17.7 Å². The lowest BCUT2D eigenvalue weighted by atomic mass is 9.87. The maximum Gasteiger partial charge on any atom is 0.319 e. The van der Waals surface area contributed by atoms with Gasteiger partial charge in [-0.3, -0.25) is 4.57 Å². The SMILES string of the molecule is CC(C)(C)c1ccc(NC(=O)NCCCN(CCCN)C[C@H]2OC(n3cnc4c(N)ncnc43)[C@H](O)[C@@H]2O)cc1. The highest BCUT2D eigenvalue weighted by atomic mass is 16.6. The normalized spacial score (nSPS) is 21.3. The van der Waals surface area contributed by atoms with Crippen LogP contribution in [0.4, 0.5) is 16.3 Å². The van der Waals surface area contributed by atoms with Crippen molar-refractivity contribution in [1.29, 1.82) is 0 Å². The van der Waals surface area contributed by atoms with Crippen molar-refractivity contribution in [1.82, 2.24) is 29.7 Å². The lowest BCUT2D eigenvalue weighted by Gasteiger charge is -2.26. The molecule has 2 aromatic heterocycles. The zero-order valence-corrected chi connectivity index (χ0v) is 23.3. The molecule has 8 N–H and O–H groups in total. The number of hydrogen-bond acceptors (Lipinski definition) is 10. The van der Waals surface area contributed by atoms with Crippen molar-refractivity contribution in [3.63, 3.8) is 0 Å². The van der Waals surface area contributed by atoms with Gasteiger partial charge in [-0.05, 0) is 55.6 Å². The third-order valence-corrected chi connectivity index (χ3v) is 7.06. The first-order chi connectivity index (χ1) is 19.1. The molecule has 1 aliphatic heterocycles. The number of imidazole rings is 1. The number of amides is 2. The average Bonchev–Trinajstić information content (AvgIpc) is 3.46. The first kappa shape index (κ1) is 29.6. The van der Waals surface area contributed by atoms with Crippen molar-refractivity contribution >= 4 is 28.7 Å². The number of nitrogens with zero attached hydrogens (tertiary/aromatic N) is 5. The highest BCUT2D eigenvalue weighted by Crippen LogP contribution is 2.32. The second-order valence-corrected chi connectivity index (χ2v) is 11.1. The van der Waals surface area contributed by atoms with Crippen molar-refractivity contribution < 1.29 is 19.7 Å². The zero-order valence-electron chi connectivity index (χ0n) is 23.3. The number of ether oxygens (including phenoxy) is 1. The largest absolute Gasteiger partial charge is 0.387 e. The Kier molecular flexibility index (Phi) is 9.53. The minimum atomic E-state index is -1.18. The van der Waals surface area contributed by atoms with Gasteiger partial charge in [0.25, 0.3) is 0 Å². The van der Waals surface area contributed by atoms with Crippen LogP contribution in [0.2, 0.25) is 0 Å². The fourth-order valence-corrected chi connectivity index (χ4v) is 4.76. The summed E-state index contributed by atoms with van der Waals surface area (Å²) in [7, 11) is 0. The van der Waals surface area contributed by atoms with Gasteiger partial charge in [-0.2, -0.15) is 0 Å². The Hall–Kier alpha value is -3.36. The summed E-state index contributed by atoms with van der Waals surface area (Å²) < 4.78 is 7.66. The quantitative estimate of drug-likeness (QED) is 0.187. The van der Waals surface area contributed by atoms with Crippen LogP contribution in [0.1, 0.15) is 45.4 Å². The van der Waals surface area contributed by atoms with Crippen LogP contribution >= 0.6 is 0 Å². The Morgan fingerprint density at radius 3 is 2.52 bits per heavy atom. The van der Waals surface area contributed by atoms with E-state index in [-0.39, 0.29) is 17.3 Å². The first-order valence-electron chi connectivity index (χ1n) is 13.6. The second kappa shape index (κ2) is 12.9. The van der Waals surface area contributed by atoms with E-state index >= 15 is 0 Å². The van der Waals surface area contributed by atoms with Gasteiger partial charge in [-0.15, -0.1) is 0 Å². The van der Waals surface area contributed by atoms with Gasteiger partial charge in [-0.1, -0.05) is 32.9 Å². The maximum absolute atomic E-state index is 12.4. The molecule has 0 bridgehead atoms. The Morgan fingerprint density at radius 1 is 1.10 bits per heavy atom. The van der Waals surface area contributed by atoms with E-state index in [1.54, 1.807) is 4.57 Å². The number of nitrogens with two attached hydrogens (primary N) is 2. The number of benzene rings is 1. The van der Waals surface area contributed by atoms with Crippen LogP contribution in [-0.4, -0.2) is 91.7 Å². The number of aliphatic hydroxyl groups excluding tert-OH is 2. The summed E-state index contributed by atoms with van der Waals surface area (Å²) in [5.74, 6) is 0.224. The van der Waals surface area contributed by atoms with E-state index in [0.29, 0.717) is 50.3 Å². The average molecular weight is 556 g/mol. The molecule has 1 unspecified atom stereocenters. The number of carbonyl (C=O) groups excluding carboxylic acids is 1. The molecule has 2 amide bonds. The number of hydrogen-bond donors (Lipinski definition) is 6. The van der Waals surface area contributed by atoms with Crippen molar-refractivity contribution in [3.8, 4) is 0 Å². The summed E-state index contributed by atoms with van der Waals surface area (Å²) in [6, 6.07) is 7.57.